The van der Waals surface area contributed by atoms with Gasteiger partial charge in [0.15, 0.2) is 5.78 Å². The van der Waals surface area contributed by atoms with Crippen LogP contribution in [0.25, 0.3) is 0 Å². The summed E-state index contributed by atoms with van der Waals surface area (Å²) in [5.41, 5.74) is 3.26. The number of hydrogen-bond acceptors (Lipinski definition) is 6. The largest absolute Gasteiger partial charge is 0.469 e. The van der Waals surface area contributed by atoms with Gasteiger partial charge in [-0.2, -0.15) is 0 Å². The number of anilines is 2. The molecule has 0 radical (unpaired) electrons. The average molecular weight is 406 g/mol. The molecule has 6 nitrogen and oxygen atoms in total. The maximum absolute atomic E-state index is 13.2. The van der Waals surface area contributed by atoms with E-state index in [1.54, 1.807) is 6.26 Å². The summed E-state index contributed by atoms with van der Waals surface area (Å²) in [6.07, 6.45) is 2.76. The van der Waals surface area contributed by atoms with Crippen molar-refractivity contribution >= 4 is 17.4 Å². The first-order valence-electron chi connectivity index (χ1n) is 10.3. The van der Waals surface area contributed by atoms with Gasteiger partial charge in [0.25, 0.3) is 0 Å². The monoisotopic (exact) mass is 406 g/mol. The molecule has 0 amide bonds. The topological polar surface area (TPSA) is 62.5 Å². The smallest absolute Gasteiger partial charge is 0.225 e. The molecule has 0 saturated carbocycles. The molecule has 2 aromatic heterocycles. The molecule has 1 aromatic carbocycles. The molecular weight excluding hydrogens is 383 g/mol. The molecule has 1 fully saturated rings. The van der Waals surface area contributed by atoms with Gasteiger partial charge in [-0.05, 0) is 43.3 Å². The van der Waals surface area contributed by atoms with Crippen molar-refractivity contribution in [2.75, 3.05) is 36.0 Å². The zero-order chi connectivity index (χ0) is 20.7. The Bertz CT molecular complexity index is 1060. The number of Topliss-reactive ketones (excluding diaryl/α,β-unsaturated/α-hetero) is 1. The van der Waals surface area contributed by atoms with Crippen LogP contribution in [0, 0.1) is 12.7 Å². The molecule has 5 rings (SSSR count). The van der Waals surface area contributed by atoms with Crippen LogP contribution in [0.1, 0.15) is 39.8 Å². The van der Waals surface area contributed by atoms with Gasteiger partial charge in [-0.25, -0.2) is 14.4 Å². The number of benzene rings is 1. The Labute approximate surface area is 174 Å². The van der Waals surface area contributed by atoms with Crippen molar-refractivity contribution in [3.05, 3.63) is 71.2 Å². The minimum atomic E-state index is -0.224. The minimum absolute atomic E-state index is 0.0254. The van der Waals surface area contributed by atoms with Crippen LogP contribution in [-0.4, -0.2) is 41.9 Å². The highest BCUT2D eigenvalue weighted by Crippen LogP contribution is 2.34. The summed E-state index contributed by atoms with van der Waals surface area (Å²) in [7, 11) is 0. The van der Waals surface area contributed by atoms with Crippen molar-refractivity contribution < 1.29 is 13.6 Å². The molecule has 30 heavy (non-hydrogen) atoms. The van der Waals surface area contributed by atoms with Crippen molar-refractivity contribution in [3.8, 4) is 0 Å². The van der Waals surface area contributed by atoms with E-state index < -0.39 is 0 Å². The molecule has 1 atom stereocenters. The zero-order valence-electron chi connectivity index (χ0n) is 16.8. The molecule has 1 aliphatic carbocycles. The molecule has 3 heterocycles. The predicted molar refractivity (Wildman–Crippen MR) is 112 cm³/mol. The number of furan rings is 1. The lowest BCUT2D eigenvalue weighted by molar-refractivity contribution is 0.0958. The van der Waals surface area contributed by atoms with Gasteiger partial charge < -0.3 is 14.2 Å². The second-order valence-corrected chi connectivity index (χ2v) is 7.92. The molecule has 154 valence electrons. The Morgan fingerprint density at radius 1 is 1.00 bits per heavy atom. The number of carbonyl (C=O) groups excluding carboxylic acids is 1. The number of halogens is 1. The molecule has 7 heteroatoms. The van der Waals surface area contributed by atoms with E-state index in [4.69, 9.17) is 9.40 Å². The number of aryl methyl sites for hydroxylation is 1. The molecule has 2 aliphatic rings. The maximum atomic E-state index is 13.2. The van der Waals surface area contributed by atoms with E-state index in [2.05, 4.69) is 14.8 Å². The van der Waals surface area contributed by atoms with E-state index in [1.807, 2.05) is 31.2 Å². The lowest BCUT2D eigenvalue weighted by Crippen LogP contribution is -2.47. The van der Waals surface area contributed by atoms with Crippen LogP contribution in [0.15, 0.2) is 47.1 Å². The number of piperazine rings is 1. The number of aromatic nitrogens is 2. The number of nitrogens with zero attached hydrogens (tertiary/aromatic N) is 4. The fourth-order valence-electron chi connectivity index (χ4n) is 4.44. The summed E-state index contributed by atoms with van der Waals surface area (Å²) in [6.45, 7) is 5.04. The number of hydrogen-bond donors (Lipinski definition) is 0. The highest BCUT2D eigenvalue weighted by atomic mass is 19.1. The second kappa shape index (κ2) is 7.55. The summed E-state index contributed by atoms with van der Waals surface area (Å²) >= 11 is 0. The SMILES string of the molecule is Cc1nc(N2CCN(c3ccc(F)cc3)CC2)nc2c1C(=O)C[C@H](c1ccco1)C2. The quantitative estimate of drug-likeness (QED) is 0.660. The van der Waals surface area contributed by atoms with Gasteiger partial charge in [0, 0.05) is 50.6 Å². The summed E-state index contributed by atoms with van der Waals surface area (Å²) in [6, 6.07) is 10.4. The Morgan fingerprint density at radius 2 is 1.73 bits per heavy atom. The van der Waals surface area contributed by atoms with Crippen LogP contribution < -0.4 is 9.80 Å². The highest BCUT2D eigenvalue weighted by Gasteiger charge is 2.32. The summed E-state index contributed by atoms with van der Waals surface area (Å²) in [5, 5.41) is 0. The first-order chi connectivity index (χ1) is 14.6. The van der Waals surface area contributed by atoms with Crippen LogP contribution in [-0.2, 0) is 6.42 Å². The van der Waals surface area contributed by atoms with Crippen LogP contribution in [0.5, 0.6) is 0 Å². The molecule has 3 aromatic rings. The maximum Gasteiger partial charge on any atom is 0.225 e. The summed E-state index contributed by atoms with van der Waals surface area (Å²) < 4.78 is 18.7. The molecule has 0 unspecified atom stereocenters. The number of rotatable bonds is 3. The number of carbonyl (C=O) groups is 1. The number of ketones is 1. The predicted octanol–water partition coefficient (Wildman–Crippen LogP) is 3.76. The summed E-state index contributed by atoms with van der Waals surface area (Å²) in [4.78, 5) is 26.6. The van der Waals surface area contributed by atoms with Gasteiger partial charge in [-0.3, -0.25) is 4.79 Å². The minimum Gasteiger partial charge on any atom is -0.469 e. The van der Waals surface area contributed by atoms with E-state index >= 15 is 0 Å². The standard InChI is InChI=1S/C23H23FN4O2/c1-15-22-19(13-16(14-20(22)29)21-3-2-12-30-21)26-23(25-15)28-10-8-27(9-11-28)18-6-4-17(24)5-7-18/h2-7,12,16H,8-11,13-14H2,1H3/t16-/m1/s1. The molecule has 0 N–H and O–H groups in total. The van der Waals surface area contributed by atoms with Crippen molar-refractivity contribution in [2.45, 2.75) is 25.7 Å². The van der Waals surface area contributed by atoms with E-state index in [1.165, 1.54) is 12.1 Å². The van der Waals surface area contributed by atoms with Gasteiger partial charge in [0.2, 0.25) is 5.95 Å². The van der Waals surface area contributed by atoms with E-state index in [-0.39, 0.29) is 17.5 Å². The lowest BCUT2D eigenvalue weighted by atomic mass is 9.84. The second-order valence-electron chi connectivity index (χ2n) is 7.92. The zero-order valence-corrected chi connectivity index (χ0v) is 16.8. The van der Waals surface area contributed by atoms with Gasteiger partial charge in [0.05, 0.1) is 23.2 Å². The number of fused-ring (bicyclic) bond motifs is 1. The van der Waals surface area contributed by atoms with Crippen molar-refractivity contribution in [1.29, 1.82) is 0 Å². The highest BCUT2D eigenvalue weighted by molar-refractivity contribution is 5.99. The van der Waals surface area contributed by atoms with Crippen LogP contribution in [0.3, 0.4) is 0 Å². The Balaban J connectivity index is 1.35. The first-order valence-corrected chi connectivity index (χ1v) is 10.3. The normalized spacial score (nSPS) is 19.1. The molecule has 1 saturated heterocycles. The molecule has 0 bridgehead atoms. The van der Waals surface area contributed by atoms with Crippen LogP contribution in [0.4, 0.5) is 16.0 Å². The van der Waals surface area contributed by atoms with Crippen LogP contribution in [0.2, 0.25) is 0 Å². The molecule has 1 aliphatic heterocycles. The van der Waals surface area contributed by atoms with Gasteiger partial charge >= 0.3 is 0 Å². The fraction of sp³-hybridized carbons (Fsp3) is 0.348. The summed E-state index contributed by atoms with van der Waals surface area (Å²) in [5.74, 6) is 1.40. The third-order valence-electron chi connectivity index (χ3n) is 6.00. The van der Waals surface area contributed by atoms with Gasteiger partial charge in [-0.15, -0.1) is 0 Å². The third-order valence-corrected chi connectivity index (χ3v) is 6.00. The Hall–Kier alpha value is -3.22. The van der Waals surface area contributed by atoms with Crippen molar-refractivity contribution in [3.63, 3.8) is 0 Å². The Morgan fingerprint density at radius 3 is 2.43 bits per heavy atom. The van der Waals surface area contributed by atoms with Crippen LogP contribution >= 0.6 is 0 Å². The van der Waals surface area contributed by atoms with Gasteiger partial charge in [-0.1, -0.05) is 0 Å². The van der Waals surface area contributed by atoms with Crippen molar-refractivity contribution in [2.24, 2.45) is 0 Å². The Kier molecular flexibility index (Phi) is 4.73. The molecule has 0 spiro atoms. The van der Waals surface area contributed by atoms with E-state index in [0.717, 1.165) is 49.0 Å². The van der Waals surface area contributed by atoms with Gasteiger partial charge in [0.1, 0.15) is 11.6 Å². The third kappa shape index (κ3) is 3.44. The van der Waals surface area contributed by atoms with Crippen molar-refractivity contribution in [1.82, 2.24) is 9.97 Å². The fourth-order valence-corrected chi connectivity index (χ4v) is 4.44. The molecular formula is C23H23FN4O2. The first kappa shape index (κ1) is 18.8. The van der Waals surface area contributed by atoms with E-state index in [9.17, 15) is 9.18 Å². The van der Waals surface area contributed by atoms with E-state index in [0.29, 0.717) is 24.4 Å². The average Bonchev–Trinajstić information content (AvgIpc) is 3.29. The lowest BCUT2D eigenvalue weighted by Gasteiger charge is -2.36.